The number of hydrogen-bond donors (Lipinski definition) is 2. The molecule has 3 rings (SSSR count). The van der Waals surface area contributed by atoms with Gasteiger partial charge in [0.15, 0.2) is 0 Å². The SMILES string of the molecule is O=C([O-])CN(CCN(CC(=O)[O-])CC(COc1ccc(-c2ccccc2NC(=O)C2CCCC(=O)N2)cc1)N(CCO[O-])CC(=O)[O-])CC(=O)[O-]. The minimum absolute atomic E-state index is 0.186. The van der Waals surface area contributed by atoms with Crippen LogP contribution in [-0.2, 0) is 33.7 Å². The van der Waals surface area contributed by atoms with Crippen LogP contribution in [0.15, 0.2) is 48.5 Å². The number of hydrogen-bond acceptors (Lipinski definition) is 16. The van der Waals surface area contributed by atoms with Crippen LogP contribution in [0.3, 0.4) is 0 Å². The van der Waals surface area contributed by atoms with Gasteiger partial charge in [0, 0.05) is 76.6 Å². The first kappa shape index (κ1) is 40.3. The van der Waals surface area contributed by atoms with Crippen LogP contribution >= 0.6 is 0 Å². The van der Waals surface area contributed by atoms with Crippen molar-refractivity contribution < 1.29 is 64.1 Å². The zero-order valence-electron chi connectivity index (χ0n) is 27.6. The Hall–Kier alpha value is -5.14. The molecule has 18 heteroatoms. The largest absolute Gasteiger partial charge is 0.723 e. The molecule has 0 aliphatic carbocycles. The van der Waals surface area contributed by atoms with Gasteiger partial charge in [-0.1, -0.05) is 30.3 Å². The van der Waals surface area contributed by atoms with Gasteiger partial charge >= 0.3 is 0 Å². The Labute approximate surface area is 293 Å². The van der Waals surface area contributed by atoms with Gasteiger partial charge in [-0.05, 0) is 36.6 Å². The van der Waals surface area contributed by atoms with Gasteiger partial charge in [-0.25, -0.2) is 0 Å². The summed E-state index contributed by atoms with van der Waals surface area (Å²) in [6.45, 7) is -4.48. The average molecular weight is 713 g/mol. The van der Waals surface area contributed by atoms with Crippen molar-refractivity contribution in [2.45, 2.75) is 31.3 Å². The monoisotopic (exact) mass is 712 g/mol. The van der Waals surface area contributed by atoms with E-state index in [0.29, 0.717) is 41.8 Å². The predicted molar refractivity (Wildman–Crippen MR) is 166 cm³/mol. The number of piperidine rings is 1. The molecule has 1 aliphatic rings. The second-order valence-electron chi connectivity index (χ2n) is 11.8. The maximum atomic E-state index is 12.9. The third-order valence-electron chi connectivity index (χ3n) is 7.91. The number of rotatable bonds is 23. The van der Waals surface area contributed by atoms with Gasteiger partial charge < -0.3 is 65.1 Å². The number of nitrogens with one attached hydrogen (secondary N) is 2. The minimum Gasteiger partial charge on any atom is -0.723 e. The first-order valence-electron chi connectivity index (χ1n) is 16.0. The number of anilines is 1. The Morgan fingerprint density at radius 1 is 0.824 bits per heavy atom. The average Bonchev–Trinajstić information content (AvgIpc) is 3.07. The molecule has 2 atom stereocenters. The Morgan fingerprint density at radius 3 is 2.04 bits per heavy atom. The number of carbonyl (C=O) groups is 6. The van der Waals surface area contributed by atoms with Crippen molar-refractivity contribution in [1.82, 2.24) is 20.0 Å². The Balaban J connectivity index is 1.78. The lowest BCUT2D eigenvalue weighted by Crippen LogP contribution is -2.54. The lowest BCUT2D eigenvalue weighted by molar-refractivity contribution is -0.689. The maximum Gasteiger partial charge on any atom is 0.246 e. The predicted octanol–water partition coefficient (Wildman–Crippen LogP) is -6.09. The Morgan fingerprint density at radius 2 is 1.43 bits per heavy atom. The normalized spacial score (nSPS) is 15.0. The summed E-state index contributed by atoms with van der Waals surface area (Å²) in [5, 5.41) is 61.8. The van der Waals surface area contributed by atoms with Gasteiger partial charge in [0.25, 0.3) is 0 Å². The summed E-state index contributed by atoms with van der Waals surface area (Å²) < 4.78 is 5.97. The fraction of sp³-hybridized carbons (Fsp3) is 0.455. The lowest BCUT2D eigenvalue weighted by atomic mass is 10.0. The molecule has 1 fully saturated rings. The number of ether oxygens (including phenoxy) is 1. The number of carbonyl (C=O) groups excluding carboxylic acids is 6. The first-order chi connectivity index (χ1) is 24.3. The van der Waals surface area contributed by atoms with E-state index in [9.17, 15) is 54.5 Å². The molecule has 1 saturated heterocycles. The van der Waals surface area contributed by atoms with Gasteiger partial charge in [0.2, 0.25) is 11.8 Å². The lowest BCUT2D eigenvalue weighted by Gasteiger charge is -2.37. The van der Waals surface area contributed by atoms with Crippen molar-refractivity contribution in [3.63, 3.8) is 0 Å². The molecule has 0 aromatic heterocycles. The van der Waals surface area contributed by atoms with Crippen LogP contribution in [0.5, 0.6) is 5.75 Å². The second kappa shape index (κ2) is 20.5. The van der Waals surface area contributed by atoms with E-state index in [1.807, 2.05) is 0 Å². The number of benzene rings is 2. The van der Waals surface area contributed by atoms with Crippen molar-refractivity contribution in [3.8, 4) is 16.9 Å². The van der Waals surface area contributed by atoms with E-state index in [0.717, 1.165) is 4.90 Å². The van der Waals surface area contributed by atoms with E-state index in [1.54, 1.807) is 48.5 Å². The summed E-state index contributed by atoms with van der Waals surface area (Å²) in [5.74, 6) is -6.37. The number of carboxylic acid groups (broad SMARTS) is 4. The summed E-state index contributed by atoms with van der Waals surface area (Å²) in [6.07, 6.45) is 1.49. The van der Waals surface area contributed by atoms with E-state index in [2.05, 4.69) is 15.5 Å². The summed E-state index contributed by atoms with van der Waals surface area (Å²) in [7, 11) is 0. The molecule has 0 bridgehead atoms. The zero-order valence-corrected chi connectivity index (χ0v) is 27.6. The highest BCUT2D eigenvalue weighted by atomic mass is 17.1. The molecule has 0 radical (unpaired) electrons. The third kappa shape index (κ3) is 14.3. The van der Waals surface area contributed by atoms with Crippen molar-refractivity contribution in [2.75, 3.05) is 70.9 Å². The third-order valence-corrected chi connectivity index (χ3v) is 7.91. The second-order valence-corrected chi connectivity index (χ2v) is 11.8. The molecule has 18 nitrogen and oxygen atoms in total. The molecule has 51 heavy (non-hydrogen) atoms. The van der Waals surface area contributed by atoms with Gasteiger partial charge in [0.1, 0.15) is 18.4 Å². The standard InChI is InChI=1S/C33H43N5O13/c39-28-7-3-6-27(34-28)33(48)35-26-5-2-1-4-25(26)22-8-10-24(11-9-22)50-21-23(38(14-15-51-49)20-32(46)47)16-36(17-29(40)41)12-13-37(18-30(42)43)19-31(44)45/h1-2,4-5,8-11,23,27,49H,3,6-7,12-21H2,(H,34,39)(H,35,48)(H,40,41)(H,42,43)(H,44,45)(H,46,47)/p-5. The minimum atomic E-state index is -1.57. The fourth-order valence-corrected chi connectivity index (χ4v) is 5.55. The van der Waals surface area contributed by atoms with E-state index in [4.69, 9.17) is 4.74 Å². The van der Waals surface area contributed by atoms with Crippen molar-refractivity contribution in [2.24, 2.45) is 0 Å². The van der Waals surface area contributed by atoms with Crippen LogP contribution in [0, 0.1) is 0 Å². The van der Waals surface area contributed by atoms with Gasteiger partial charge in [-0.3, -0.25) is 24.3 Å². The van der Waals surface area contributed by atoms with Crippen LogP contribution in [-0.4, -0.2) is 128 Å². The van der Waals surface area contributed by atoms with E-state index in [1.165, 1.54) is 9.80 Å². The molecule has 278 valence electrons. The summed E-state index contributed by atoms with van der Waals surface area (Å²) in [4.78, 5) is 77.4. The Bertz CT molecular complexity index is 1490. The summed E-state index contributed by atoms with van der Waals surface area (Å²) in [5.41, 5.74) is 1.89. The quantitative estimate of drug-likeness (QED) is 0.0801. The summed E-state index contributed by atoms with van der Waals surface area (Å²) in [6, 6.07) is 12.2. The molecular formula is C33H38N5O13-5. The highest BCUT2D eigenvalue weighted by Crippen LogP contribution is 2.30. The number of carboxylic acids is 4. The molecule has 2 aromatic carbocycles. The van der Waals surface area contributed by atoms with Crippen LogP contribution in [0.2, 0.25) is 0 Å². The number of nitrogens with zero attached hydrogens (tertiary/aromatic N) is 3. The van der Waals surface area contributed by atoms with Crippen LogP contribution in [0.1, 0.15) is 19.3 Å². The molecule has 2 amide bonds. The molecule has 2 unspecified atom stereocenters. The molecular weight excluding hydrogens is 674 g/mol. The number of para-hydroxylation sites is 1. The molecule has 2 aromatic rings. The highest BCUT2D eigenvalue weighted by molar-refractivity contribution is 6.00. The van der Waals surface area contributed by atoms with Crippen molar-refractivity contribution in [1.29, 1.82) is 0 Å². The fourth-order valence-electron chi connectivity index (χ4n) is 5.55. The summed E-state index contributed by atoms with van der Waals surface area (Å²) >= 11 is 0. The maximum absolute atomic E-state index is 12.9. The van der Waals surface area contributed by atoms with Gasteiger partial charge in [-0.15, -0.1) is 0 Å². The molecule has 0 spiro atoms. The number of amides is 2. The van der Waals surface area contributed by atoms with Crippen LogP contribution in [0.4, 0.5) is 5.69 Å². The Kier molecular flexibility index (Phi) is 16.2. The van der Waals surface area contributed by atoms with Crippen LogP contribution in [0.25, 0.3) is 11.1 Å². The van der Waals surface area contributed by atoms with E-state index < -0.39 is 68.7 Å². The van der Waals surface area contributed by atoms with E-state index >= 15 is 0 Å². The van der Waals surface area contributed by atoms with Crippen LogP contribution < -0.4 is 41.1 Å². The van der Waals surface area contributed by atoms with E-state index in [-0.39, 0.29) is 44.6 Å². The topological polar surface area (TPSA) is 270 Å². The highest BCUT2D eigenvalue weighted by Gasteiger charge is 2.26. The molecule has 1 heterocycles. The molecule has 1 aliphatic heterocycles. The smallest absolute Gasteiger partial charge is 0.246 e. The zero-order chi connectivity index (χ0) is 37.3. The van der Waals surface area contributed by atoms with Crippen molar-refractivity contribution >= 4 is 41.4 Å². The molecule has 2 N–H and O–H groups in total. The van der Waals surface area contributed by atoms with Gasteiger partial charge in [-0.2, -0.15) is 0 Å². The first-order valence-corrected chi connectivity index (χ1v) is 16.0. The van der Waals surface area contributed by atoms with Gasteiger partial charge in [0.05, 0.1) is 29.9 Å². The number of aliphatic carboxylic acids is 4. The van der Waals surface area contributed by atoms with Crippen molar-refractivity contribution in [3.05, 3.63) is 48.5 Å². The molecule has 0 saturated carbocycles.